The Morgan fingerprint density at radius 3 is 3.17 bits per heavy atom. The van der Waals surface area contributed by atoms with E-state index in [1.807, 2.05) is 0 Å². The van der Waals surface area contributed by atoms with Crippen molar-refractivity contribution in [3.63, 3.8) is 0 Å². The van der Waals surface area contributed by atoms with Gasteiger partial charge >= 0.3 is 0 Å². The highest BCUT2D eigenvalue weighted by molar-refractivity contribution is 9.10. The van der Waals surface area contributed by atoms with E-state index in [1.165, 1.54) is 15.6 Å². The van der Waals surface area contributed by atoms with Gasteiger partial charge in [-0.1, -0.05) is 22.0 Å². The molecule has 0 saturated heterocycles. The van der Waals surface area contributed by atoms with Crippen LogP contribution in [0, 0.1) is 0 Å². The van der Waals surface area contributed by atoms with Crippen molar-refractivity contribution in [2.75, 3.05) is 6.54 Å². The van der Waals surface area contributed by atoms with Crippen molar-refractivity contribution in [2.45, 2.75) is 19.4 Å². The highest BCUT2D eigenvalue weighted by Crippen LogP contribution is 2.25. The fourth-order valence-electron chi connectivity index (χ4n) is 1.73. The van der Waals surface area contributed by atoms with Gasteiger partial charge in [0.15, 0.2) is 0 Å². The molecule has 0 aliphatic carbocycles. The number of nitrogens with one attached hydrogen (secondary N) is 1. The molecule has 0 bridgehead atoms. The van der Waals surface area contributed by atoms with Crippen molar-refractivity contribution in [2.24, 2.45) is 0 Å². The van der Waals surface area contributed by atoms with E-state index in [0.717, 1.165) is 13.0 Å². The van der Waals surface area contributed by atoms with Crippen molar-refractivity contribution < 1.29 is 0 Å². The van der Waals surface area contributed by atoms with Gasteiger partial charge in [-0.05, 0) is 43.1 Å². The predicted molar refractivity (Wildman–Crippen MR) is 54.3 cm³/mol. The Labute approximate surface area is 81.3 Å². The van der Waals surface area contributed by atoms with Gasteiger partial charge in [-0.25, -0.2) is 0 Å². The molecule has 0 fully saturated rings. The maximum absolute atomic E-state index is 3.49. The van der Waals surface area contributed by atoms with Gasteiger partial charge < -0.3 is 5.32 Å². The smallest absolute Gasteiger partial charge is 0.0295 e. The van der Waals surface area contributed by atoms with Crippen LogP contribution in [-0.2, 0) is 6.42 Å². The normalized spacial score (nSPS) is 22.0. The molecule has 1 atom stereocenters. The second kappa shape index (κ2) is 3.19. The van der Waals surface area contributed by atoms with Gasteiger partial charge in [0.2, 0.25) is 0 Å². The SMILES string of the molecule is C[C@@H]1NCCc2ccc(Br)cc21. The highest BCUT2D eigenvalue weighted by Gasteiger charge is 2.14. The molecule has 0 saturated carbocycles. The maximum Gasteiger partial charge on any atom is 0.0295 e. The molecule has 0 spiro atoms. The van der Waals surface area contributed by atoms with Gasteiger partial charge in [0.1, 0.15) is 0 Å². The van der Waals surface area contributed by atoms with E-state index in [4.69, 9.17) is 0 Å². The van der Waals surface area contributed by atoms with Crippen molar-refractivity contribution in [1.29, 1.82) is 0 Å². The van der Waals surface area contributed by atoms with Crippen LogP contribution >= 0.6 is 15.9 Å². The van der Waals surface area contributed by atoms with E-state index in [-0.39, 0.29) is 0 Å². The molecule has 12 heavy (non-hydrogen) atoms. The van der Waals surface area contributed by atoms with Crippen LogP contribution in [-0.4, -0.2) is 6.54 Å². The molecule has 64 valence electrons. The summed E-state index contributed by atoms with van der Waals surface area (Å²) < 4.78 is 1.18. The van der Waals surface area contributed by atoms with Gasteiger partial charge in [0, 0.05) is 10.5 Å². The van der Waals surface area contributed by atoms with Crippen LogP contribution in [0.25, 0.3) is 0 Å². The second-order valence-corrected chi connectivity index (χ2v) is 4.18. The summed E-state index contributed by atoms with van der Waals surface area (Å²) in [5, 5.41) is 3.44. The van der Waals surface area contributed by atoms with E-state index in [9.17, 15) is 0 Å². The number of halogens is 1. The summed E-state index contributed by atoms with van der Waals surface area (Å²) in [6, 6.07) is 7.06. The van der Waals surface area contributed by atoms with Crippen LogP contribution in [0.15, 0.2) is 22.7 Å². The van der Waals surface area contributed by atoms with Crippen molar-refractivity contribution >= 4 is 15.9 Å². The molecular formula is C10H12BrN. The number of rotatable bonds is 0. The van der Waals surface area contributed by atoms with Gasteiger partial charge in [0.25, 0.3) is 0 Å². The first kappa shape index (κ1) is 8.27. The van der Waals surface area contributed by atoms with Crippen LogP contribution in [0.1, 0.15) is 24.1 Å². The Kier molecular flexibility index (Phi) is 2.20. The van der Waals surface area contributed by atoms with E-state index in [1.54, 1.807) is 0 Å². The largest absolute Gasteiger partial charge is 0.310 e. The number of hydrogen-bond acceptors (Lipinski definition) is 1. The van der Waals surface area contributed by atoms with E-state index < -0.39 is 0 Å². The average Bonchev–Trinajstić information content (AvgIpc) is 2.07. The minimum absolute atomic E-state index is 0.506. The standard InChI is InChI=1S/C10H12BrN/c1-7-10-6-9(11)3-2-8(10)4-5-12-7/h2-3,6-7,12H,4-5H2,1H3/t7-/m0/s1. The number of benzene rings is 1. The molecule has 1 aliphatic rings. The molecule has 1 heterocycles. The average molecular weight is 226 g/mol. The summed E-state index contributed by atoms with van der Waals surface area (Å²) in [6.07, 6.45) is 1.16. The monoisotopic (exact) mass is 225 g/mol. The predicted octanol–water partition coefficient (Wildman–Crippen LogP) is 2.66. The lowest BCUT2D eigenvalue weighted by Crippen LogP contribution is -2.27. The quantitative estimate of drug-likeness (QED) is 0.717. The molecule has 1 aromatic rings. The fraction of sp³-hybridized carbons (Fsp3) is 0.400. The molecular weight excluding hydrogens is 214 g/mol. The summed E-state index contributed by atoms with van der Waals surface area (Å²) in [5.74, 6) is 0. The molecule has 2 rings (SSSR count). The van der Waals surface area contributed by atoms with Crippen LogP contribution < -0.4 is 5.32 Å². The van der Waals surface area contributed by atoms with Crippen LogP contribution in [0.3, 0.4) is 0 Å². The lowest BCUT2D eigenvalue weighted by atomic mass is 9.96. The molecule has 0 radical (unpaired) electrons. The van der Waals surface area contributed by atoms with Crippen LogP contribution in [0.2, 0.25) is 0 Å². The molecule has 1 nitrogen and oxygen atoms in total. The lowest BCUT2D eigenvalue weighted by molar-refractivity contribution is 0.540. The third kappa shape index (κ3) is 1.41. The molecule has 1 aliphatic heterocycles. The maximum atomic E-state index is 3.49. The first-order chi connectivity index (χ1) is 5.77. The first-order valence-electron chi connectivity index (χ1n) is 4.29. The second-order valence-electron chi connectivity index (χ2n) is 3.27. The van der Waals surface area contributed by atoms with Crippen LogP contribution in [0.4, 0.5) is 0 Å². The summed E-state index contributed by atoms with van der Waals surface area (Å²) >= 11 is 3.49. The third-order valence-electron chi connectivity index (χ3n) is 2.42. The molecule has 2 heteroatoms. The summed E-state index contributed by atoms with van der Waals surface area (Å²) in [6.45, 7) is 3.32. The Hall–Kier alpha value is -0.340. The number of hydrogen-bond donors (Lipinski definition) is 1. The van der Waals surface area contributed by atoms with Crippen molar-refractivity contribution in [1.82, 2.24) is 5.32 Å². The van der Waals surface area contributed by atoms with E-state index in [0.29, 0.717) is 6.04 Å². The zero-order valence-electron chi connectivity index (χ0n) is 7.10. The van der Waals surface area contributed by atoms with E-state index in [2.05, 4.69) is 46.4 Å². The Bertz CT molecular complexity index is 296. The highest BCUT2D eigenvalue weighted by atomic mass is 79.9. The Morgan fingerprint density at radius 1 is 1.50 bits per heavy atom. The molecule has 0 amide bonds. The summed E-state index contributed by atoms with van der Waals surface area (Å²) in [5.41, 5.74) is 2.93. The van der Waals surface area contributed by atoms with Crippen molar-refractivity contribution in [3.05, 3.63) is 33.8 Å². The van der Waals surface area contributed by atoms with Gasteiger partial charge in [-0.3, -0.25) is 0 Å². The Balaban J connectivity index is 2.47. The van der Waals surface area contributed by atoms with Gasteiger partial charge in [0.05, 0.1) is 0 Å². The molecule has 0 aromatic heterocycles. The lowest BCUT2D eigenvalue weighted by Gasteiger charge is -2.23. The zero-order valence-corrected chi connectivity index (χ0v) is 8.69. The molecule has 1 aromatic carbocycles. The third-order valence-corrected chi connectivity index (χ3v) is 2.91. The minimum atomic E-state index is 0.506. The number of fused-ring (bicyclic) bond motifs is 1. The summed E-state index contributed by atoms with van der Waals surface area (Å²) in [4.78, 5) is 0. The van der Waals surface area contributed by atoms with Crippen molar-refractivity contribution in [3.8, 4) is 0 Å². The fourth-order valence-corrected chi connectivity index (χ4v) is 2.11. The minimum Gasteiger partial charge on any atom is -0.310 e. The molecule has 1 N–H and O–H groups in total. The van der Waals surface area contributed by atoms with Gasteiger partial charge in [-0.15, -0.1) is 0 Å². The first-order valence-corrected chi connectivity index (χ1v) is 5.08. The van der Waals surface area contributed by atoms with Crippen LogP contribution in [0.5, 0.6) is 0 Å². The zero-order chi connectivity index (χ0) is 8.55. The Morgan fingerprint density at radius 2 is 2.33 bits per heavy atom. The topological polar surface area (TPSA) is 12.0 Å². The van der Waals surface area contributed by atoms with Gasteiger partial charge in [-0.2, -0.15) is 0 Å². The summed E-state index contributed by atoms with van der Waals surface area (Å²) in [7, 11) is 0. The van der Waals surface area contributed by atoms with E-state index >= 15 is 0 Å². The molecule has 0 unspecified atom stereocenters.